The summed E-state index contributed by atoms with van der Waals surface area (Å²) in [4.78, 5) is 3.43. The van der Waals surface area contributed by atoms with Gasteiger partial charge in [0.25, 0.3) is 0 Å². The molecule has 17 heavy (non-hydrogen) atoms. The summed E-state index contributed by atoms with van der Waals surface area (Å²) in [5.74, 6) is 0. The Balaban J connectivity index is 0.00000108. The molecule has 3 nitrogen and oxygen atoms in total. The van der Waals surface area contributed by atoms with Crippen LogP contribution in [0.5, 0.6) is 0 Å². The summed E-state index contributed by atoms with van der Waals surface area (Å²) in [6.07, 6.45) is 0. The normalized spacial score (nSPS) is 20.2. The zero-order chi connectivity index (χ0) is 11.0. The SMILES string of the molecule is Cc1[nH]c2ccccc2c1[C@@H]1COCCN1.Cl. The fraction of sp³-hybridized carbons (Fsp3) is 0.385. The quantitative estimate of drug-likeness (QED) is 0.819. The number of ether oxygens (including phenoxy) is 1. The third-order valence-electron chi connectivity index (χ3n) is 3.21. The summed E-state index contributed by atoms with van der Waals surface area (Å²) in [7, 11) is 0. The van der Waals surface area contributed by atoms with Crippen molar-refractivity contribution < 1.29 is 4.74 Å². The van der Waals surface area contributed by atoms with E-state index in [1.165, 1.54) is 22.2 Å². The molecular formula is C13H17ClN2O. The first-order valence-electron chi connectivity index (χ1n) is 5.74. The zero-order valence-corrected chi connectivity index (χ0v) is 10.6. The lowest BCUT2D eigenvalue weighted by atomic mass is 10.0. The van der Waals surface area contributed by atoms with Gasteiger partial charge in [0.05, 0.1) is 19.3 Å². The van der Waals surface area contributed by atoms with Crippen molar-refractivity contribution in [2.24, 2.45) is 0 Å². The van der Waals surface area contributed by atoms with E-state index in [1.54, 1.807) is 0 Å². The van der Waals surface area contributed by atoms with Crippen LogP contribution in [0.25, 0.3) is 10.9 Å². The van der Waals surface area contributed by atoms with Gasteiger partial charge in [0.2, 0.25) is 0 Å². The third kappa shape index (κ3) is 2.18. The Bertz CT molecular complexity index is 503. The average molecular weight is 253 g/mol. The van der Waals surface area contributed by atoms with E-state index >= 15 is 0 Å². The van der Waals surface area contributed by atoms with Crippen molar-refractivity contribution in [3.05, 3.63) is 35.5 Å². The van der Waals surface area contributed by atoms with Crippen LogP contribution >= 0.6 is 12.4 Å². The Labute approximate surface area is 107 Å². The topological polar surface area (TPSA) is 37.0 Å². The molecule has 1 aliphatic heterocycles. The van der Waals surface area contributed by atoms with Gasteiger partial charge in [-0.15, -0.1) is 12.4 Å². The second-order valence-corrected chi connectivity index (χ2v) is 4.29. The van der Waals surface area contributed by atoms with Gasteiger partial charge in [-0.3, -0.25) is 0 Å². The number of aromatic amines is 1. The maximum absolute atomic E-state index is 5.53. The Morgan fingerprint density at radius 3 is 2.88 bits per heavy atom. The van der Waals surface area contributed by atoms with Crippen molar-refractivity contribution in [3.63, 3.8) is 0 Å². The molecular weight excluding hydrogens is 236 g/mol. The predicted octanol–water partition coefficient (Wildman–Crippen LogP) is 2.56. The molecule has 1 aromatic heterocycles. The molecule has 0 radical (unpaired) electrons. The van der Waals surface area contributed by atoms with E-state index < -0.39 is 0 Å². The molecule has 1 aliphatic rings. The summed E-state index contributed by atoms with van der Waals surface area (Å²) in [5, 5.41) is 4.82. The van der Waals surface area contributed by atoms with Crippen LogP contribution in [0.2, 0.25) is 0 Å². The summed E-state index contributed by atoms with van der Waals surface area (Å²) in [6, 6.07) is 8.76. The molecule has 1 atom stereocenters. The molecule has 0 bridgehead atoms. The van der Waals surface area contributed by atoms with Gasteiger partial charge in [-0.2, -0.15) is 0 Å². The van der Waals surface area contributed by atoms with Gasteiger partial charge in [0.15, 0.2) is 0 Å². The second-order valence-electron chi connectivity index (χ2n) is 4.29. The maximum Gasteiger partial charge on any atom is 0.0663 e. The van der Waals surface area contributed by atoms with Crippen molar-refractivity contribution in [2.45, 2.75) is 13.0 Å². The minimum atomic E-state index is 0. The summed E-state index contributed by atoms with van der Waals surface area (Å²) >= 11 is 0. The van der Waals surface area contributed by atoms with E-state index in [4.69, 9.17) is 4.74 Å². The highest BCUT2D eigenvalue weighted by atomic mass is 35.5. The number of halogens is 1. The first-order valence-corrected chi connectivity index (χ1v) is 5.74. The van der Waals surface area contributed by atoms with Crippen molar-refractivity contribution >= 4 is 23.3 Å². The number of morpholine rings is 1. The van der Waals surface area contributed by atoms with E-state index in [0.29, 0.717) is 6.04 Å². The number of para-hydroxylation sites is 1. The molecule has 1 aromatic carbocycles. The van der Waals surface area contributed by atoms with Gasteiger partial charge in [-0.1, -0.05) is 18.2 Å². The van der Waals surface area contributed by atoms with E-state index in [2.05, 4.69) is 41.5 Å². The number of fused-ring (bicyclic) bond motifs is 1. The van der Waals surface area contributed by atoms with Gasteiger partial charge in [0.1, 0.15) is 0 Å². The van der Waals surface area contributed by atoms with E-state index in [9.17, 15) is 0 Å². The number of hydrogen-bond acceptors (Lipinski definition) is 2. The smallest absolute Gasteiger partial charge is 0.0663 e. The molecule has 2 N–H and O–H groups in total. The lowest BCUT2D eigenvalue weighted by Crippen LogP contribution is -2.34. The molecule has 0 spiro atoms. The van der Waals surface area contributed by atoms with Gasteiger partial charge in [-0.05, 0) is 18.6 Å². The number of nitrogens with one attached hydrogen (secondary N) is 2. The molecule has 0 saturated carbocycles. The summed E-state index contributed by atoms with van der Waals surface area (Å²) in [6.45, 7) is 4.65. The number of H-pyrrole nitrogens is 1. The Morgan fingerprint density at radius 1 is 1.29 bits per heavy atom. The molecule has 0 amide bonds. The predicted molar refractivity (Wildman–Crippen MR) is 71.8 cm³/mol. The molecule has 92 valence electrons. The number of hydrogen-bond donors (Lipinski definition) is 2. The summed E-state index contributed by atoms with van der Waals surface area (Å²) < 4.78 is 5.53. The Morgan fingerprint density at radius 2 is 2.12 bits per heavy atom. The van der Waals surface area contributed by atoms with Crippen LogP contribution in [0, 0.1) is 6.92 Å². The van der Waals surface area contributed by atoms with Crippen LogP contribution < -0.4 is 5.32 Å². The highest BCUT2D eigenvalue weighted by Crippen LogP contribution is 2.28. The van der Waals surface area contributed by atoms with Crippen molar-refractivity contribution in [3.8, 4) is 0 Å². The Hall–Kier alpha value is -1.03. The van der Waals surface area contributed by atoms with Crippen molar-refractivity contribution in [1.82, 2.24) is 10.3 Å². The van der Waals surface area contributed by atoms with E-state index in [1.807, 2.05) is 0 Å². The van der Waals surface area contributed by atoms with Gasteiger partial charge in [-0.25, -0.2) is 0 Å². The molecule has 4 heteroatoms. The minimum Gasteiger partial charge on any atom is -0.378 e. The van der Waals surface area contributed by atoms with Crippen LogP contribution in [0.3, 0.4) is 0 Å². The van der Waals surface area contributed by atoms with Gasteiger partial charge < -0.3 is 15.0 Å². The molecule has 1 fully saturated rings. The van der Waals surface area contributed by atoms with Crippen LogP contribution in [0.15, 0.2) is 24.3 Å². The maximum atomic E-state index is 5.53. The molecule has 0 aliphatic carbocycles. The largest absolute Gasteiger partial charge is 0.378 e. The Kier molecular flexibility index (Phi) is 3.72. The zero-order valence-electron chi connectivity index (χ0n) is 9.82. The number of rotatable bonds is 1. The average Bonchev–Trinajstić information content (AvgIpc) is 2.66. The van der Waals surface area contributed by atoms with Crippen molar-refractivity contribution in [2.75, 3.05) is 19.8 Å². The second kappa shape index (κ2) is 5.08. The standard InChI is InChI=1S/C13H16N2O.ClH/c1-9-13(12-8-16-7-6-14-12)10-4-2-3-5-11(10)15-9;/h2-5,12,14-15H,6-8H2,1H3;1H/t12-;/m0./s1. The third-order valence-corrected chi connectivity index (χ3v) is 3.21. The van der Waals surface area contributed by atoms with Crippen LogP contribution in [-0.4, -0.2) is 24.7 Å². The minimum absolute atomic E-state index is 0. The highest BCUT2D eigenvalue weighted by Gasteiger charge is 2.20. The number of benzene rings is 1. The van der Waals surface area contributed by atoms with E-state index in [0.717, 1.165) is 19.8 Å². The molecule has 2 heterocycles. The molecule has 1 saturated heterocycles. The lowest BCUT2D eigenvalue weighted by Gasteiger charge is -2.24. The van der Waals surface area contributed by atoms with Crippen LogP contribution in [0.4, 0.5) is 0 Å². The highest BCUT2D eigenvalue weighted by molar-refractivity contribution is 5.85. The number of aryl methyl sites for hydroxylation is 1. The number of aromatic nitrogens is 1. The molecule has 0 unspecified atom stereocenters. The van der Waals surface area contributed by atoms with Gasteiger partial charge >= 0.3 is 0 Å². The monoisotopic (exact) mass is 252 g/mol. The molecule has 2 aromatic rings. The summed E-state index contributed by atoms with van der Waals surface area (Å²) in [5.41, 5.74) is 3.81. The van der Waals surface area contributed by atoms with Gasteiger partial charge in [0, 0.05) is 23.1 Å². The van der Waals surface area contributed by atoms with E-state index in [-0.39, 0.29) is 12.4 Å². The fourth-order valence-electron chi connectivity index (χ4n) is 2.50. The first kappa shape index (κ1) is 12.4. The van der Waals surface area contributed by atoms with Crippen LogP contribution in [-0.2, 0) is 4.74 Å². The first-order chi connectivity index (χ1) is 7.86. The fourth-order valence-corrected chi connectivity index (χ4v) is 2.50. The van der Waals surface area contributed by atoms with Crippen LogP contribution in [0.1, 0.15) is 17.3 Å². The molecule has 3 rings (SSSR count). The van der Waals surface area contributed by atoms with Crippen molar-refractivity contribution in [1.29, 1.82) is 0 Å². The lowest BCUT2D eigenvalue weighted by molar-refractivity contribution is 0.0771.